The third-order valence-corrected chi connectivity index (χ3v) is 6.27. The molecule has 0 radical (unpaired) electrons. The van der Waals surface area contributed by atoms with Crippen LogP contribution >= 0.6 is 11.3 Å². The van der Waals surface area contributed by atoms with Crippen molar-refractivity contribution in [3.63, 3.8) is 0 Å². The normalized spacial score (nSPS) is 14.7. The molecule has 1 aromatic heterocycles. The Bertz CT molecular complexity index is 647. The molecule has 2 N–H and O–H groups in total. The first-order valence-corrected chi connectivity index (χ1v) is 9.00. The predicted molar refractivity (Wildman–Crippen MR) is 80.4 cm³/mol. The molecule has 0 spiro atoms. The van der Waals surface area contributed by atoms with Gasteiger partial charge in [-0.05, 0) is 25.0 Å². The molecular formula is C13H19NO5S2. The predicted octanol–water partition coefficient (Wildman–Crippen LogP) is 1.77. The third-order valence-electron chi connectivity index (χ3n) is 3.36. The number of carboxylic acid groups (broad SMARTS) is 1. The SMILES string of the molecule is CC(C)C(C)(CC(=O)O)NC(=O)c1ccc(S(C)(=O)=O)s1. The summed E-state index contributed by atoms with van der Waals surface area (Å²) in [4.78, 5) is 23.4. The summed E-state index contributed by atoms with van der Waals surface area (Å²) in [5.41, 5.74) is -0.905. The molecule has 6 nitrogen and oxygen atoms in total. The zero-order chi connectivity index (χ0) is 16.4. The highest BCUT2D eigenvalue weighted by molar-refractivity contribution is 7.92. The van der Waals surface area contributed by atoms with Gasteiger partial charge in [0.1, 0.15) is 4.21 Å². The molecule has 1 rings (SSSR count). The van der Waals surface area contributed by atoms with Gasteiger partial charge in [0.05, 0.1) is 16.8 Å². The number of aliphatic carboxylic acids is 1. The highest BCUT2D eigenvalue weighted by Gasteiger charge is 2.33. The topological polar surface area (TPSA) is 101 Å². The van der Waals surface area contributed by atoms with Crippen LogP contribution in [0.2, 0.25) is 0 Å². The summed E-state index contributed by atoms with van der Waals surface area (Å²) < 4.78 is 22.9. The van der Waals surface area contributed by atoms with Gasteiger partial charge in [-0.2, -0.15) is 0 Å². The van der Waals surface area contributed by atoms with Crippen LogP contribution in [-0.2, 0) is 14.6 Å². The number of hydrogen-bond donors (Lipinski definition) is 2. The number of rotatable bonds is 6. The van der Waals surface area contributed by atoms with Gasteiger partial charge in [-0.1, -0.05) is 13.8 Å². The van der Waals surface area contributed by atoms with Crippen molar-refractivity contribution in [1.82, 2.24) is 5.32 Å². The lowest BCUT2D eigenvalue weighted by atomic mass is 9.85. The van der Waals surface area contributed by atoms with E-state index in [2.05, 4.69) is 5.32 Å². The van der Waals surface area contributed by atoms with E-state index in [4.69, 9.17) is 5.11 Å². The van der Waals surface area contributed by atoms with Gasteiger partial charge in [0.25, 0.3) is 5.91 Å². The molecule has 0 aliphatic rings. The Morgan fingerprint density at radius 3 is 2.33 bits per heavy atom. The molecule has 0 aromatic carbocycles. The Morgan fingerprint density at radius 2 is 1.95 bits per heavy atom. The highest BCUT2D eigenvalue weighted by Crippen LogP contribution is 2.25. The molecule has 1 unspecified atom stereocenters. The standard InChI is InChI=1S/C13H19NO5S2/c1-8(2)13(3,7-10(15)16)14-12(17)9-5-6-11(20-9)21(4,18)19/h5-6,8H,7H2,1-4H3,(H,14,17)(H,15,16). The summed E-state index contributed by atoms with van der Waals surface area (Å²) in [6, 6.07) is 2.80. The number of hydrogen-bond acceptors (Lipinski definition) is 5. The number of amides is 1. The van der Waals surface area contributed by atoms with Gasteiger partial charge in [0.15, 0.2) is 9.84 Å². The highest BCUT2D eigenvalue weighted by atomic mass is 32.2. The summed E-state index contributed by atoms with van der Waals surface area (Å²) >= 11 is 0.872. The largest absolute Gasteiger partial charge is 0.481 e. The van der Waals surface area contributed by atoms with Gasteiger partial charge in [-0.25, -0.2) is 8.42 Å². The molecule has 0 saturated heterocycles. The van der Waals surface area contributed by atoms with Crippen LogP contribution in [0.1, 0.15) is 36.9 Å². The van der Waals surface area contributed by atoms with E-state index in [1.807, 2.05) is 13.8 Å². The average molecular weight is 333 g/mol. The van der Waals surface area contributed by atoms with E-state index in [-0.39, 0.29) is 21.4 Å². The third kappa shape index (κ3) is 4.53. The van der Waals surface area contributed by atoms with Crippen molar-refractivity contribution in [2.75, 3.05) is 6.26 Å². The monoisotopic (exact) mass is 333 g/mol. The fourth-order valence-corrected chi connectivity index (χ4v) is 3.49. The molecule has 1 heterocycles. The molecule has 0 aliphatic heterocycles. The molecule has 8 heteroatoms. The number of thiophene rings is 1. The van der Waals surface area contributed by atoms with E-state index in [0.29, 0.717) is 0 Å². The van der Waals surface area contributed by atoms with E-state index in [9.17, 15) is 18.0 Å². The van der Waals surface area contributed by atoms with E-state index in [1.165, 1.54) is 12.1 Å². The van der Waals surface area contributed by atoms with E-state index >= 15 is 0 Å². The van der Waals surface area contributed by atoms with Gasteiger partial charge in [0.2, 0.25) is 0 Å². The lowest BCUT2D eigenvalue weighted by Crippen LogP contribution is -2.51. The summed E-state index contributed by atoms with van der Waals surface area (Å²) in [6.07, 6.45) is 0.865. The first-order chi connectivity index (χ1) is 9.45. The van der Waals surface area contributed by atoms with Crippen molar-refractivity contribution < 1.29 is 23.1 Å². The zero-order valence-corrected chi connectivity index (χ0v) is 14.0. The summed E-state index contributed by atoms with van der Waals surface area (Å²) in [6.45, 7) is 5.30. The van der Waals surface area contributed by atoms with Gasteiger partial charge in [-0.15, -0.1) is 11.3 Å². The molecule has 1 atom stereocenters. The first kappa shape index (κ1) is 17.6. The maximum absolute atomic E-state index is 12.2. The average Bonchev–Trinajstić information content (AvgIpc) is 2.75. The van der Waals surface area contributed by atoms with Crippen molar-refractivity contribution in [2.24, 2.45) is 5.92 Å². The second-order valence-corrected chi connectivity index (χ2v) is 8.81. The molecule has 1 amide bonds. The number of nitrogens with one attached hydrogen (secondary N) is 1. The number of sulfone groups is 1. The Hall–Kier alpha value is -1.41. The molecule has 0 aliphatic carbocycles. The second-order valence-electron chi connectivity index (χ2n) is 5.49. The van der Waals surface area contributed by atoms with Crippen LogP contribution in [0.25, 0.3) is 0 Å². The van der Waals surface area contributed by atoms with E-state index in [0.717, 1.165) is 17.6 Å². The van der Waals surface area contributed by atoms with Crippen molar-refractivity contribution in [1.29, 1.82) is 0 Å². The second kappa shape index (κ2) is 6.15. The molecular weight excluding hydrogens is 314 g/mol. The Kier molecular flexibility index (Phi) is 5.16. The minimum Gasteiger partial charge on any atom is -0.481 e. The molecule has 0 bridgehead atoms. The Labute approximate surface area is 128 Å². The number of carboxylic acids is 1. The van der Waals surface area contributed by atoms with Crippen molar-refractivity contribution in [3.05, 3.63) is 17.0 Å². The van der Waals surface area contributed by atoms with Crippen molar-refractivity contribution >= 4 is 33.1 Å². The van der Waals surface area contributed by atoms with Crippen LogP contribution in [-0.4, -0.2) is 37.2 Å². The summed E-state index contributed by atoms with van der Waals surface area (Å²) in [7, 11) is -3.35. The maximum atomic E-state index is 12.2. The Morgan fingerprint density at radius 1 is 1.38 bits per heavy atom. The fourth-order valence-electron chi connectivity index (χ4n) is 1.67. The van der Waals surface area contributed by atoms with Gasteiger partial charge in [-0.3, -0.25) is 9.59 Å². The first-order valence-electron chi connectivity index (χ1n) is 6.30. The van der Waals surface area contributed by atoms with Crippen molar-refractivity contribution in [2.45, 2.75) is 36.9 Å². The van der Waals surface area contributed by atoms with Crippen LogP contribution in [0, 0.1) is 5.92 Å². The molecule has 1 aromatic rings. The summed E-state index contributed by atoms with van der Waals surface area (Å²) in [5.74, 6) is -1.56. The quantitative estimate of drug-likeness (QED) is 0.826. The van der Waals surface area contributed by atoms with E-state index in [1.54, 1.807) is 6.92 Å². The molecule has 118 valence electrons. The Balaban J connectivity index is 2.98. The molecule has 21 heavy (non-hydrogen) atoms. The van der Waals surface area contributed by atoms with Gasteiger partial charge in [0, 0.05) is 6.26 Å². The lowest BCUT2D eigenvalue weighted by Gasteiger charge is -2.33. The number of carbonyl (C=O) groups excluding carboxylic acids is 1. The van der Waals surface area contributed by atoms with Gasteiger partial charge < -0.3 is 10.4 Å². The fraction of sp³-hybridized carbons (Fsp3) is 0.538. The zero-order valence-electron chi connectivity index (χ0n) is 12.3. The maximum Gasteiger partial charge on any atom is 0.305 e. The van der Waals surface area contributed by atoms with Crippen LogP contribution < -0.4 is 5.32 Å². The van der Waals surface area contributed by atoms with Crippen LogP contribution in [0.5, 0.6) is 0 Å². The minimum atomic E-state index is -3.35. The van der Waals surface area contributed by atoms with E-state index < -0.39 is 27.3 Å². The smallest absolute Gasteiger partial charge is 0.305 e. The summed E-state index contributed by atoms with van der Waals surface area (Å²) in [5, 5.41) is 11.7. The van der Waals surface area contributed by atoms with Crippen LogP contribution in [0.3, 0.4) is 0 Å². The molecule has 0 saturated carbocycles. The van der Waals surface area contributed by atoms with Gasteiger partial charge >= 0.3 is 5.97 Å². The van der Waals surface area contributed by atoms with Crippen LogP contribution in [0.4, 0.5) is 0 Å². The minimum absolute atomic E-state index is 0.0908. The number of carbonyl (C=O) groups is 2. The van der Waals surface area contributed by atoms with Crippen molar-refractivity contribution in [3.8, 4) is 0 Å². The van der Waals surface area contributed by atoms with Crippen LogP contribution in [0.15, 0.2) is 16.3 Å². The molecule has 0 fully saturated rings. The lowest BCUT2D eigenvalue weighted by molar-refractivity contribution is -0.138.